The van der Waals surface area contributed by atoms with Gasteiger partial charge >= 0.3 is 0 Å². The monoisotopic (exact) mass is 397 g/mol. The van der Waals surface area contributed by atoms with Crippen molar-refractivity contribution in [2.24, 2.45) is 11.8 Å². The van der Waals surface area contributed by atoms with Crippen LogP contribution < -0.4 is 4.74 Å². The Hall–Kier alpha value is -1.59. The summed E-state index contributed by atoms with van der Waals surface area (Å²) in [6, 6.07) is 6.64. The van der Waals surface area contributed by atoms with Crippen molar-refractivity contribution in [2.45, 2.75) is 45.1 Å². The number of piperidine rings is 1. The topological polar surface area (TPSA) is 36.0 Å². The third-order valence-corrected chi connectivity index (χ3v) is 7.63. The zero-order valence-electron chi connectivity index (χ0n) is 17.7. The lowest BCUT2D eigenvalue weighted by Crippen LogP contribution is -2.52. The fourth-order valence-corrected chi connectivity index (χ4v) is 5.82. The fraction of sp³-hybridized carbons (Fsp3) is 0.708. The summed E-state index contributed by atoms with van der Waals surface area (Å²) >= 11 is 0. The molecule has 0 aromatic heterocycles. The molecule has 1 amide bonds. The van der Waals surface area contributed by atoms with E-state index in [1.165, 1.54) is 43.2 Å². The Labute approximate surface area is 175 Å². The number of carbonyl (C=O) groups is 1. The standard InChI is InChI=1S/C24H35N3O2/c28-24(27-9-7-20-3-1-2-4-22(20)17-27)18-26-12-10-25(11-13-26)16-19-5-6-23-21(15-19)8-14-29-23/h5-6,15,20,22H,1-4,7-14,16-18H2/t20-,22-/m1/s1. The summed E-state index contributed by atoms with van der Waals surface area (Å²) in [5, 5.41) is 0. The van der Waals surface area contributed by atoms with E-state index in [1.54, 1.807) is 0 Å². The second-order valence-corrected chi connectivity index (χ2v) is 9.53. The molecule has 0 N–H and O–H groups in total. The Balaban J connectivity index is 1.07. The number of benzene rings is 1. The average molecular weight is 398 g/mol. The Kier molecular flexibility index (Phi) is 5.78. The van der Waals surface area contributed by atoms with E-state index in [1.807, 2.05) is 0 Å². The number of rotatable bonds is 4. The van der Waals surface area contributed by atoms with Gasteiger partial charge in [0.25, 0.3) is 0 Å². The van der Waals surface area contributed by atoms with Gasteiger partial charge in [-0.15, -0.1) is 0 Å². The highest BCUT2D eigenvalue weighted by Crippen LogP contribution is 2.36. The molecule has 5 rings (SSSR count). The van der Waals surface area contributed by atoms with Gasteiger partial charge in [-0.05, 0) is 41.9 Å². The van der Waals surface area contributed by atoms with Gasteiger partial charge < -0.3 is 9.64 Å². The van der Waals surface area contributed by atoms with Crippen molar-refractivity contribution in [3.05, 3.63) is 29.3 Å². The van der Waals surface area contributed by atoms with Crippen molar-refractivity contribution in [3.8, 4) is 5.75 Å². The van der Waals surface area contributed by atoms with Crippen LogP contribution in [0.4, 0.5) is 0 Å². The number of hydrogen-bond donors (Lipinski definition) is 0. The molecule has 3 aliphatic heterocycles. The molecule has 0 unspecified atom stereocenters. The van der Waals surface area contributed by atoms with Crippen LogP contribution in [0.1, 0.15) is 43.2 Å². The van der Waals surface area contributed by atoms with Crippen molar-refractivity contribution in [1.29, 1.82) is 0 Å². The van der Waals surface area contributed by atoms with Crippen LogP contribution >= 0.6 is 0 Å². The van der Waals surface area contributed by atoms with Crippen molar-refractivity contribution in [1.82, 2.24) is 14.7 Å². The minimum Gasteiger partial charge on any atom is -0.493 e. The van der Waals surface area contributed by atoms with Crippen LogP contribution in [0.2, 0.25) is 0 Å². The predicted octanol–water partition coefficient (Wildman–Crippen LogP) is 2.78. The van der Waals surface area contributed by atoms with Crippen LogP contribution in [0.25, 0.3) is 0 Å². The first-order valence-corrected chi connectivity index (χ1v) is 11.7. The predicted molar refractivity (Wildman–Crippen MR) is 114 cm³/mol. The first-order valence-electron chi connectivity index (χ1n) is 11.7. The summed E-state index contributed by atoms with van der Waals surface area (Å²) in [4.78, 5) is 19.9. The molecular formula is C24H35N3O2. The van der Waals surface area contributed by atoms with Crippen molar-refractivity contribution < 1.29 is 9.53 Å². The maximum Gasteiger partial charge on any atom is 0.236 e. The van der Waals surface area contributed by atoms with Gasteiger partial charge in [0, 0.05) is 52.2 Å². The van der Waals surface area contributed by atoms with Crippen molar-refractivity contribution in [2.75, 3.05) is 52.4 Å². The molecule has 1 aliphatic carbocycles. The maximum atomic E-state index is 12.9. The van der Waals surface area contributed by atoms with Gasteiger partial charge in [-0.3, -0.25) is 14.6 Å². The minimum atomic E-state index is 0.362. The normalized spacial score (nSPS) is 27.9. The third kappa shape index (κ3) is 4.46. The SMILES string of the molecule is O=C(CN1CCN(Cc2ccc3c(c2)CCO3)CC1)N1CC[C@H]2CCCC[C@@H]2C1. The highest BCUT2D eigenvalue weighted by atomic mass is 16.5. The van der Waals surface area contributed by atoms with E-state index in [9.17, 15) is 4.79 Å². The number of nitrogens with zero attached hydrogens (tertiary/aromatic N) is 3. The number of hydrogen-bond acceptors (Lipinski definition) is 4. The number of amides is 1. The minimum absolute atomic E-state index is 0.362. The molecule has 29 heavy (non-hydrogen) atoms. The summed E-state index contributed by atoms with van der Waals surface area (Å²) in [6.45, 7) is 8.54. The van der Waals surface area contributed by atoms with E-state index in [0.29, 0.717) is 12.5 Å². The molecule has 1 aromatic carbocycles. The van der Waals surface area contributed by atoms with Gasteiger partial charge in [0.2, 0.25) is 5.91 Å². The number of piperazine rings is 1. The maximum absolute atomic E-state index is 12.9. The van der Waals surface area contributed by atoms with Crippen molar-refractivity contribution >= 4 is 5.91 Å². The molecule has 0 radical (unpaired) electrons. The first-order chi connectivity index (χ1) is 14.2. The molecule has 4 aliphatic rings. The lowest BCUT2D eigenvalue weighted by molar-refractivity contribution is -0.136. The molecule has 2 atom stereocenters. The van der Waals surface area contributed by atoms with Crippen LogP contribution in [0, 0.1) is 11.8 Å². The highest BCUT2D eigenvalue weighted by Gasteiger charge is 2.33. The van der Waals surface area contributed by atoms with Crippen LogP contribution in [-0.4, -0.2) is 73.0 Å². The van der Waals surface area contributed by atoms with Gasteiger partial charge in [0.1, 0.15) is 5.75 Å². The summed E-state index contributed by atoms with van der Waals surface area (Å²) < 4.78 is 5.62. The Morgan fingerprint density at radius 1 is 0.966 bits per heavy atom. The summed E-state index contributed by atoms with van der Waals surface area (Å²) in [5.41, 5.74) is 2.74. The number of fused-ring (bicyclic) bond motifs is 2. The molecule has 0 bridgehead atoms. The van der Waals surface area contributed by atoms with Crippen LogP contribution in [-0.2, 0) is 17.8 Å². The molecule has 1 aromatic rings. The lowest BCUT2D eigenvalue weighted by Gasteiger charge is -2.42. The van der Waals surface area contributed by atoms with E-state index in [0.717, 1.165) is 76.4 Å². The quantitative estimate of drug-likeness (QED) is 0.783. The molecule has 158 valence electrons. The van der Waals surface area contributed by atoms with Gasteiger partial charge in [-0.1, -0.05) is 31.4 Å². The van der Waals surface area contributed by atoms with E-state index < -0.39 is 0 Å². The van der Waals surface area contributed by atoms with Crippen LogP contribution in [0.3, 0.4) is 0 Å². The van der Waals surface area contributed by atoms with Crippen molar-refractivity contribution in [3.63, 3.8) is 0 Å². The molecule has 5 nitrogen and oxygen atoms in total. The van der Waals surface area contributed by atoms with Gasteiger partial charge in [-0.2, -0.15) is 0 Å². The summed E-state index contributed by atoms with van der Waals surface area (Å²) in [5.74, 6) is 3.09. The van der Waals surface area contributed by atoms with E-state index in [2.05, 4.69) is 32.9 Å². The summed E-state index contributed by atoms with van der Waals surface area (Å²) in [7, 11) is 0. The van der Waals surface area contributed by atoms with E-state index >= 15 is 0 Å². The molecule has 3 fully saturated rings. The highest BCUT2D eigenvalue weighted by molar-refractivity contribution is 5.78. The third-order valence-electron chi connectivity index (χ3n) is 7.63. The second kappa shape index (κ2) is 8.65. The lowest BCUT2D eigenvalue weighted by atomic mass is 9.75. The molecule has 3 heterocycles. The molecule has 5 heteroatoms. The zero-order valence-corrected chi connectivity index (χ0v) is 17.7. The smallest absolute Gasteiger partial charge is 0.236 e. The van der Waals surface area contributed by atoms with Gasteiger partial charge in [0.05, 0.1) is 13.2 Å². The fourth-order valence-electron chi connectivity index (χ4n) is 5.82. The Morgan fingerprint density at radius 2 is 1.76 bits per heavy atom. The molecule has 1 saturated carbocycles. The molecule has 2 saturated heterocycles. The van der Waals surface area contributed by atoms with Gasteiger partial charge in [-0.25, -0.2) is 0 Å². The van der Waals surface area contributed by atoms with Crippen LogP contribution in [0.5, 0.6) is 5.75 Å². The number of carbonyl (C=O) groups excluding carboxylic acids is 1. The summed E-state index contributed by atoms with van der Waals surface area (Å²) in [6.07, 6.45) is 7.77. The number of likely N-dealkylation sites (tertiary alicyclic amines) is 1. The molecule has 0 spiro atoms. The number of ether oxygens (including phenoxy) is 1. The van der Waals surface area contributed by atoms with Gasteiger partial charge in [0.15, 0.2) is 0 Å². The molecular weight excluding hydrogens is 362 g/mol. The van der Waals surface area contributed by atoms with Crippen LogP contribution in [0.15, 0.2) is 18.2 Å². The van der Waals surface area contributed by atoms with E-state index in [4.69, 9.17) is 4.74 Å². The first kappa shape index (κ1) is 19.4. The Bertz CT molecular complexity index is 729. The average Bonchev–Trinajstić information content (AvgIpc) is 3.23. The zero-order chi connectivity index (χ0) is 19.6. The Morgan fingerprint density at radius 3 is 2.62 bits per heavy atom. The largest absolute Gasteiger partial charge is 0.493 e. The second-order valence-electron chi connectivity index (χ2n) is 9.53. The van der Waals surface area contributed by atoms with E-state index in [-0.39, 0.29) is 0 Å².